The first kappa shape index (κ1) is 11.7. The second kappa shape index (κ2) is 4.02. The van der Waals surface area contributed by atoms with E-state index in [2.05, 4.69) is 0 Å². The molecule has 0 amide bonds. The van der Waals surface area contributed by atoms with Gasteiger partial charge in [-0.05, 0) is 24.6 Å². The molecule has 0 heterocycles. The molecule has 0 saturated heterocycles. The van der Waals surface area contributed by atoms with E-state index >= 15 is 0 Å². The van der Waals surface area contributed by atoms with Gasteiger partial charge in [0.25, 0.3) is 0 Å². The fourth-order valence-electron chi connectivity index (χ4n) is 1.11. The fraction of sp³-hybridized carbons (Fsp3) is 0.300. The zero-order chi connectivity index (χ0) is 11.6. The maximum Gasteiger partial charge on any atom is 0.416 e. The van der Waals surface area contributed by atoms with Crippen molar-refractivity contribution >= 4 is 5.78 Å². The first-order valence-corrected chi connectivity index (χ1v) is 4.25. The van der Waals surface area contributed by atoms with E-state index in [4.69, 9.17) is 5.73 Å². The van der Waals surface area contributed by atoms with Gasteiger partial charge in [-0.1, -0.05) is 12.1 Å². The minimum absolute atomic E-state index is 0.283. The molecule has 1 aromatic rings. The zero-order valence-electron chi connectivity index (χ0n) is 8.01. The highest BCUT2D eigenvalue weighted by Crippen LogP contribution is 2.29. The summed E-state index contributed by atoms with van der Waals surface area (Å²) in [5.74, 6) is -0.283. The van der Waals surface area contributed by atoms with Crippen molar-refractivity contribution in [2.75, 3.05) is 0 Å². The lowest BCUT2D eigenvalue weighted by atomic mass is 10.0. The number of rotatable bonds is 2. The van der Waals surface area contributed by atoms with Crippen LogP contribution in [0.25, 0.3) is 0 Å². The quantitative estimate of drug-likeness (QED) is 0.825. The number of nitrogens with two attached hydrogens (primary N) is 1. The Labute approximate surface area is 84.9 Å². The molecule has 0 bridgehead atoms. The number of hydrogen-bond donors (Lipinski definition) is 1. The Morgan fingerprint density at radius 2 is 1.73 bits per heavy atom. The molecule has 0 aliphatic rings. The van der Waals surface area contributed by atoms with Crippen molar-refractivity contribution in [2.45, 2.75) is 19.1 Å². The first-order chi connectivity index (χ1) is 6.82. The van der Waals surface area contributed by atoms with Gasteiger partial charge in [-0.15, -0.1) is 0 Å². The highest BCUT2D eigenvalue weighted by molar-refractivity contribution is 5.82. The van der Waals surface area contributed by atoms with Gasteiger partial charge in [0.05, 0.1) is 11.6 Å². The van der Waals surface area contributed by atoms with E-state index in [1.54, 1.807) is 0 Å². The summed E-state index contributed by atoms with van der Waals surface area (Å²) in [6, 6.07) is 3.41. The smallest absolute Gasteiger partial charge is 0.318 e. The van der Waals surface area contributed by atoms with Crippen LogP contribution in [0.2, 0.25) is 0 Å². The monoisotopic (exact) mass is 217 g/mol. The van der Waals surface area contributed by atoms with Gasteiger partial charge in [-0.2, -0.15) is 13.2 Å². The Bertz CT molecular complexity index is 356. The van der Waals surface area contributed by atoms with E-state index in [0.717, 1.165) is 12.1 Å². The maximum atomic E-state index is 12.2. The predicted octanol–water partition coefficient (Wildman–Crippen LogP) is 2.29. The number of carbonyl (C=O) groups is 1. The van der Waals surface area contributed by atoms with Crippen molar-refractivity contribution in [1.29, 1.82) is 0 Å². The summed E-state index contributed by atoms with van der Waals surface area (Å²) < 4.78 is 36.5. The van der Waals surface area contributed by atoms with Crippen molar-refractivity contribution in [3.05, 3.63) is 35.4 Å². The standard InChI is InChI=1S/C10H10F3NO/c1-6(15)9(14)7-2-4-8(5-3-7)10(11,12)13/h2-5,9H,14H2,1H3/t9-/m0/s1. The van der Waals surface area contributed by atoms with Gasteiger partial charge in [-0.25, -0.2) is 0 Å². The molecule has 0 fully saturated rings. The van der Waals surface area contributed by atoms with Crippen molar-refractivity contribution in [2.24, 2.45) is 5.73 Å². The van der Waals surface area contributed by atoms with Crippen LogP contribution in [0.1, 0.15) is 24.1 Å². The van der Waals surface area contributed by atoms with Crippen LogP contribution in [0.5, 0.6) is 0 Å². The summed E-state index contributed by atoms with van der Waals surface area (Å²) in [6.45, 7) is 1.29. The van der Waals surface area contributed by atoms with Gasteiger partial charge in [0.15, 0.2) is 5.78 Å². The fourth-order valence-corrected chi connectivity index (χ4v) is 1.11. The number of alkyl halides is 3. The van der Waals surface area contributed by atoms with Crippen molar-refractivity contribution in [1.82, 2.24) is 0 Å². The maximum absolute atomic E-state index is 12.2. The molecule has 1 aromatic carbocycles. The van der Waals surface area contributed by atoms with Crippen LogP contribution in [0.15, 0.2) is 24.3 Å². The van der Waals surface area contributed by atoms with E-state index in [1.165, 1.54) is 19.1 Å². The van der Waals surface area contributed by atoms with Crippen LogP contribution >= 0.6 is 0 Å². The van der Waals surface area contributed by atoms with Crippen LogP contribution in [0.3, 0.4) is 0 Å². The summed E-state index contributed by atoms with van der Waals surface area (Å²) in [5, 5.41) is 0. The average molecular weight is 217 g/mol. The predicted molar refractivity (Wildman–Crippen MR) is 49.1 cm³/mol. The van der Waals surface area contributed by atoms with E-state index < -0.39 is 17.8 Å². The van der Waals surface area contributed by atoms with E-state index in [0.29, 0.717) is 5.56 Å². The van der Waals surface area contributed by atoms with Crippen LogP contribution in [-0.4, -0.2) is 5.78 Å². The van der Waals surface area contributed by atoms with Gasteiger partial charge in [0, 0.05) is 0 Å². The number of Topliss-reactive ketones (excluding diaryl/α,β-unsaturated/α-hetero) is 1. The summed E-state index contributed by atoms with van der Waals surface area (Å²) in [7, 11) is 0. The summed E-state index contributed by atoms with van der Waals surface area (Å²) in [4.78, 5) is 10.9. The topological polar surface area (TPSA) is 43.1 Å². The second-order valence-electron chi connectivity index (χ2n) is 3.21. The minimum Gasteiger partial charge on any atom is -0.318 e. The third kappa shape index (κ3) is 2.79. The highest BCUT2D eigenvalue weighted by atomic mass is 19.4. The highest BCUT2D eigenvalue weighted by Gasteiger charge is 2.30. The van der Waals surface area contributed by atoms with Crippen LogP contribution in [0.4, 0.5) is 13.2 Å². The van der Waals surface area contributed by atoms with E-state index in [-0.39, 0.29) is 5.78 Å². The molecule has 2 N–H and O–H groups in total. The third-order valence-electron chi connectivity index (χ3n) is 2.04. The van der Waals surface area contributed by atoms with Crippen molar-refractivity contribution in [3.8, 4) is 0 Å². The van der Waals surface area contributed by atoms with Gasteiger partial charge >= 0.3 is 6.18 Å². The molecule has 2 nitrogen and oxygen atoms in total. The number of hydrogen-bond acceptors (Lipinski definition) is 2. The number of halogens is 3. The summed E-state index contributed by atoms with van der Waals surface area (Å²) in [5.41, 5.74) is 5.10. The molecular weight excluding hydrogens is 207 g/mol. The molecular formula is C10H10F3NO. The number of ketones is 1. The van der Waals surface area contributed by atoms with E-state index in [1.807, 2.05) is 0 Å². The molecule has 0 unspecified atom stereocenters. The second-order valence-corrected chi connectivity index (χ2v) is 3.21. The normalized spacial score (nSPS) is 13.7. The van der Waals surface area contributed by atoms with Crippen molar-refractivity contribution in [3.63, 3.8) is 0 Å². The Morgan fingerprint density at radius 1 is 1.27 bits per heavy atom. The Morgan fingerprint density at radius 3 is 2.07 bits per heavy atom. The molecule has 1 atom stereocenters. The summed E-state index contributed by atoms with van der Waals surface area (Å²) >= 11 is 0. The Balaban J connectivity index is 2.95. The third-order valence-corrected chi connectivity index (χ3v) is 2.04. The van der Waals surface area contributed by atoms with Crippen molar-refractivity contribution < 1.29 is 18.0 Å². The van der Waals surface area contributed by atoms with Crippen LogP contribution < -0.4 is 5.73 Å². The molecule has 0 aliphatic heterocycles. The van der Waals surface area contributed by atoms with Gasteiger partial charge in [0.2, 0.25) is 0 Å². The van der Waals surface area contributed by atoms with Gasteiger partial charge < -0.3 is 5.73 Å². The molecule has 0 aliphatic carbocycles. The lowest BCUT2D eigenvalue weighted by molar-refractivity contribution is -0.137. The number of carbonyl (C=O) groups excluding carboxylic acids is 1. The van der Waals surface area contributed by atoms with Crippen LogP contribution in [0, 0.1) is 0 Å². The SMILES string of the molecule is CC(=O)[C@H](N)c1ccc(C(F)(F)F)cc1. The van der Waals surface area contributed by atoms with Gasteiger partial charge in [0.1, 0.15) is 0 Å². The molecule has 0 spiro atoms. The lowest BCUT2D eigenvalue weighted by Crippen LogP contribution is -2.18. The number of benzene rings is 1. The van der Waals surface area contributed by atoms with E-state index in [9.17, 15) is 18.0 Å². The average Bonchev–Trinajstić information content (AvgIpc) is 2.15. The molecule has 5 heteroatoms. The zero-order valence-corrected chi connectivity index (χ0v) is 8.01. The largest absolute Gasteiger partial charge is 0.416 e. The molecule has 82 valence electrons. The minimum atomic E-state index is -4.36. The molecule has 0 radical (unpaired) electrons. The Hall–Kier alpha value is -1.36. The van der Waals surface area contributed by atoms with Crippen LogP contribution in [-0.2, 0) is 11.0 Å². The Kier molecular flexibility index (Phi) is 3.14. The van der Waals surface area contributed by atoms with Gasteiger partial charge in [-0.3, -0.25) is 4.79 Å². The molecule has 0 saturated carbocycles. The molecule has 0 aromatic heterocycles. The molecule has 15 heavy (non-hydrogen) atoms. The lowest BCUT2D eigenvalue weighted by Gasteiger charge is -2.10. The first-order valence-electron chi connectivity index (χ1n) is 4.25. The molecule has 1 rings (SSSR count). The summed E-state index contributed by atoms with van der Waals surface area (Å²) in [6.07, 6.45) is -4.36.